The third-order valence-electron chi connectivity index (χ3n) is 2.17. The second-order valence-electron chi connectivity index (χ2n) is 3.30. The quantitative estimate of drug-likeness (QED) is 0.576. The number of hydrogen-bond acceptors (Lipinski definition) is 5. The Morgan fingerprint density at radius 1 is 1.44 bits per heavy atom. The standard InChI is InChI=1S/C11H14N4O/c1-16-10-4-2-9(3-5-10)8-14-15-11-12-6-7-13-11/h2-5,8H,6-7H2,1H3,(H2,12,13,15). The zero-order valence-corrected chi connectivity index (χ0v) is 9.10. The fraction of sp³-hybridized carbons (Fsp3) is 0.273. The Balaban J connectivity index is 1.89. The zero-order valence-electron chi connectivity index (χ0n) is 9.10. The summed E-state index contributed by atoms with van der Waals surface area (Å²) in [6.45, 7) is 1.68. The summed E-state index contributed by atoms with van der Waals surface area (Å²) in [5.74, 6) is 1.57. The number of ether oxygens (including phenoxy) is 1. The van der Waals surface area contributed by atoms with Crippen LogP contribution in [0.25, 0.3) is 0 Å². The van der Waals surface area contributed by atoms with Crippen molar-refractivity contribution in [2.75, 3.05) is 20.2 Å². The van der Waals surface area contributed by atoms with Gasteiger partial charge in [-0.25, -0.2) is 10.4 Å². The molecule has 0 unspecified atom stereocenters. The van der Waals surface area contributed by atoms with Crippen molar-refractivity contribution in [3.8, 4) is 5.75 Å². The van der Waals surface area contributed by atoms with Crippen molar-refractivity contribution in [1.82, 2.24) is 10.7 Å². The summed E-state index contributed by atoms with van der Waals surface area (Å²) in [5, 5.41) is 7.14. The summed E-state index contributed by atoms with van der Waals surface area (Å²) >= 11 is 0. The Hall–Kier alpha value is -2.04. The van der Waals surface area contributed by atoms with E-state index in [0.29, 0.717) is 0 Å². The number of nitrogens with one attached hydrogen (secondary N) is 2. The molecule has 0 saturated carbocycles. The van der Waals surface area contributed by atoms with E-state index >= 15 is 0 Å². The van der Waals surface area contributed by atoms with E-state index in [4.69, 9.17) is 4.74 Å². The van der Waals surface area contributed by atoms with Crippen molar-refractivity contribution >= 4 is 12.2 Å². The summed E-state index contributed by atoms with van der Waals surface area (Å²) in [6.07, 6.45) is 1.74. The normalized spacial score (nSPS) is 14.7. The molecule has 1 heterocycles. The molecule has 2 rings (SSSR count). The van der Waals surface area contributed by atoms with Gasteiger partial charge in [0, 0.05) is 6.54 Å². The van der Waals surface area contributed by atoms with Crippen molar-refractivity contribution in [1.29, 1.82) is 0 Å². The second kappa shape index (κ2) is 5.16. The van der Waals surface area contributed by atoms with Crippen molar-refractivity contribution in [3.05, 3.63) is 29.8 Å². The maximum absolute atomic E-state index is 5.07. The average Bonchev–Trinajstić information content (AvgIpc) is 2.83. The first-order chi connectivity index (χ1) is 7.88. The average molecular weight is 218 g/mol. The molecule has 0 spiro atoms. The lowest BCUT2D eigenvalue weighted by Gasteiger charge is -2.00. The molecular weight excluding hydrogens is 204 g/mol. The zero-order chi connectivity index (χ0) is 11.2. The van der Waals surface area contributed by atoms with Gasteiger partial charge in [-0.1, -0.05) is 0 Å². The first-order valence-electron chi connectivity index (χ1n) is 5.10. The van der Waals surface area contributed by atoms with Crippen molar-refractivity contribution < 1.29 is 4.74 Å². The Kier molecular flexibility index (Phi) is 3.38. The molecule has 0 saturated heterocycles. The molecule has 2 N–H and O–H groups in total. The highest BCUT2D eigenvalue weighted by Crippen LogP contribution is 2.09. The van der Waals surface area contributed by atoms with Gasteiger partial charge in [0.1, 0.15) is 5.75 Å². The van der Waals surface area contributed by atoms with Crippen LogP contribution in [0.2, 0.25) is 0 Å². The van der Waals surface area contributed by atoms with E-state index in [2.05, 4.69) is 20.8 Å². The van der Waals surface area contributed by atoms with E-state index in [0.717, 1.165) is 30.4 Å². The molecule has 1 aromatic rings. The summed E-state index contributed by atoms with van der Waals surface area (Å²) in [7, 11) is 1.65. The first-order valence-corrected chi connectivity index (χ1v) is 5.10. The Morgan fingerprint density at radius 3 is 2.88 bits per heavy atom. The largest absolute Gasteiger partial charge is 0.497 e. The predicted molar refractivity (Wildman–Crippen MR) is 64.0 cm³/mol. The van der Waals surface area contributed by atoms with Crippen LogP contribution in [0, 0.1) is 0 Å². The third kappa shape index (κ3) is 2.73. The molecule has 0 aromatic heterocycles. The first kappa shape index (κ1) is 10.5. The molecule has 5 nitrogen and oxygen atoms in total. The van der Waals surface area contributed by atoms with Gasteiger partial charge in [-0.15, -0.1) is 0 Å². The minimum Gasteiger partial charge on any atom is -0.497 e. The molecule has 0 fully saturated rings. The number of aliphatic imine (C=N–C) groups is 1. The van der Waals surface area contributed by atoms with Gasteiger partial charge in [0.2, 0.25) is 5.96 Å². The lowest BCUT2D eigenvalue weighted by atomic mass is 10.2. The number of rotatable bonds is 3. The van der Waals surface area contributed by atoms with Crippen LogP contribution in [0.1, 0.15) is 5.56 Å². The Bertz CT molecular complexity index is 397. The predicted octanol–water partition coefficient (Wildman–Crippen LogP) is 0.578. The smallest absolute Gasteiger partial charge is 0.212 e. The molecule has 1 aliphatic heterocycles. The van der Waals surface area contributed by atoms with Gasteiger partial charge < -0.3 is 10.1 Å². The van der Waals surface area contributed by atoms with Crippen LogP contribution in [-0.2, 0) is 0 Å². The van der Waals surface area contributed by atoms with E-state index in [1.165, 1.54) is 0 Å². The van der Waals surface area contributed by atoms with Gasteiger partial charge >= 0.3 is 0 Å². The SMILES string of the molecule is COc1ccc(C=NNC2=NCCN2)cc1. The van der Waals surface area contributed by atoms with E-state index < -0.39 is 0 Å². The number of methoxy groups -OCH3 is 1. The highest BCUT2D eigenvalue weighted by Gasteiger charge is 2.01. The van der Waals surface area contributed by atoms with Crippen LogP contribution in [0.4, 0.5) is 0 Å². The molecule has 5 heteroatoms. The van der Waals surface area contributed by atoms with Crippen molar-refractivity contribution in [2.45, 2.75) is 0 Å². The minimum absolute atomic E-state index is 0.727. The fourth-order valence-electron chi connectivity index (χ4n) is 1.33. The number of nitrogens with zero attached hydrogens (tertiary/aromatic N) is 2. The van der Waals surface area contributed by atoms with E-state index in [1.54, 1.807) is 13.3 Å². The van der Waals surface area contributed by atoms with Crippen LogP contribution in [-0.4, -0.2) is 32.4 Å². The summed E-state index contributed by atoms with van der Waals surface area (Å²) < 4.78 is 5.07. The van der Waals surface area contributed by atoms with Crippen LogP contribution in [0.5, 0.6) is 5.75 Å². The van der Waals surface area contributed by atoms with Crippen LogP contribution in [0.15, 0.2) is 34.4 Å². The number of hydrogen-bond donors (Lipinski definition) is 2. The summed E-state index contributed by atoms with van der Waals surface area (Å²) in [6, 6.07) is 7.67. The van der Waals surface area contributed by atoms with Gasteiger partial charge in [-0.2, -0.15) is 5.10 Å². The molecule has 1 aliphatic rings. The van der Waals surface area contributed by atoms with Crippen LogP contribution >= 0.6 is 0 Å². The Morgan fingerprint density at radius 2 is 2.25 bits per heavy atom. The third-order valence-corrected chi connectivity index (χ3v) is 2.17. The highest BCUT2D eigenvalue weighted by molar-refractivity contribution is 5.84. The molecule has 1 aromatic carbocycles. The van der Waals surface area contributed by atoms with Crippen molar-refractivity contribution in [2.24, 2.45) is 10.1 Å². The Labute approximate surface area is 94.2 Å². The van der Waals surface area contributed by atoms with Gasteiger partial charge in [-0.3, -0.25) is 0 Å². The maximum atomic E-state index is 5.07. The molecule has 0 bridgehead atoms. The lowest BCUT2D eigenvalue weighted by Crippen LogP contribution is -2.30. The topological polar surface area (TPSA) is 58.0 Å². The van der Waals surface area contributed by atoms with Gasteiger partial charge in [0.05, 0.1) is 19.9 Å². The van der Waals surface area contributed by atoms with Gasteiger partial charge in [0.15, 0.2) is 0 Å². The van der Waals surface area contributed by atoms with Gasteiger partial charge in [0.25, 0.3) is 0 Å². The molecule has 16 heavy (non-hydrogen) atoms. The van der Waals surface area contributed by atoms with Crippen LogP contribution < -0.4 is 15.5 Å². The summed E-state index contributed by atoms with van der Waals surface area (Å²) in [5.41, 5.74) is 3.84. The molecule has 0 amide bonds. The molecule has 0 aliphatic carbocycles. The summed E-state index contributed by atoms with van der Waals surface area (Å²) in [4.78, 5) is 4.15. The fourth-order valence-corrected chi connectivity index (χ4v) is 1.33. The monoisotopic (exact) mass is 218 g/mol. The lowest BCUT2D eigenvalue weighted by molar-refractivity contribution is 0.415. The molecule has 84 valence electrons. The molecular formula is C11H14N4O. The van der Waals surface area contributed by atoms with Crippen LogP contribution in [0.3, 0.4) is 0 Å². The molecule has 0 atom stereocenters. The maximum Gasteiger partial charge on any atom is 0.212 e. The minimum atomic E-state index is 0.727. The number of benzene rings is 1. The number of hydrazone groups is 1. The number of guanidine groups is 1. The van der Waals surface area contributed by atoms with Crippen molar-refractivity contribution in [3.63, 3.8) is 0 Å². The van der Waals surface area contributed by atoms with E-state index in [9.17, 15) is 0 Å². The highest BCUT2D eigenvalue weighted by atomic mass is 16.5. The van der Waals surface area contributed by atoms with Gasteiger partial charge in [-0.05, 0) is 29.8 Å². The second-order valence-corrected chi connectivity index (χ2v) is 3.30. The van der Waals surface area contributed by atoms with E-state index in [1.807, 2.05) is 24.3 Å². The van der Waals surface area contributed by atoms with E-state index in [-0.39, 0.29) is 0 Å². The molecule has 0 radical (unpaired) electrons.